The predicted octanol–water partition coefficient (Wildman–Crippen LogP) is 0.0433. The Labute approximate surface area is 114 Å². The van der Waals surface area contributed by atoms with Crippen molar-refractivity contribution in [2.45, 2.75) is 20.4 Å². The molecule has 0 aliphatic heterocycles. The maximum Gasteiger partial charge on any atom is 0.360 e. The fourth-order valence-corrected chi connectivity index (χ4v) is 1.63. The molecular weight excluding hydrogens is 264 g/mol. The Morgan fingerprint density at radius 3 is 2.80 bits per heavy atom. The van der Waals surface area contributed by atoms with Gasteiger partial charge in [-0.2, -0.15) is 5.10 Å². The lowest BCUT2D eigenvalue weighted by Gasteiger charge is -2.04. The summed E-state index contributed by atoms with van der Waals surface area (Å²) in [7, 11) is 1.25. The van der Waals surface area contributed by atoms with E-state index in [4.69, 9.17) is 0 Å². The topological polar surface area (TPSA) is 115 Å². The van der Waals surface area contributed by atoms with Crippen molar-refractivity contribution >= 4 is 17.6 Å². The zero-order valence-corrected chi connectivity index (χ0v) is 11.3. The van der Waals surface area contributed by atoms with E-state index < -0.39 is 5.97 Å². The largest absolute Gasteiger partial charge is 0.464 e. The molecule has 20 heavy (non-hydrogen) atoms. The van der Waals surface area contributed by atoms with Gasteiger partial charge in [0.15, 0.2) is 5.69 Å². The van der Waals surface area contributed by atoms with Gasteiger partial charge < -0.3 is 10.1 Å². The van der Waals surface area contributed by atoms with Crippen molar-refractivity contribution < 1.29 is 14.3 Å². The van der Waals surface area contributed by atoms with Gasteiger partial charge in [0.05, 0.1) is 30.4 Å². The molecule has 0 aromatic carbocycles. The monoisotopic (exact) mass is 278 g/mol. The lowest BCUT2D eigenvalue weighted by atomic mass is 10.3. The number of hydrogen-bond donors (Lipinski definition) is 2. The van der Waals surface area contributed by atoms with E-state index in [1.165, 1.54) is 18.0 Å². The number of carbonyl (C=O) groups is 2. The molecule has 0 spiro atoms. The van der Waals surface area contributed by atoms with E-state index in [9.17, 15) is 9.59 Å². The van der Waals surface area contributed by atoms with Crippen LogP contribution in [0.5, 0.6) is 0 Å². The zero-order valence-electron chi connectivity index (χ0n) is 11.3. The van der Waals surface area contributed by atoms with E-state index in [0.29, 0.717) is 11.4 Å². The van der Waals surface area contributed by atoms with Crippen LogP contribution in [0.25, 0.3) is 0 Å². The van der Waals surface area contributed by atoms with E-state index in [2.05, 4.69) is 30.6 Å². The Morgan fingerprint density at radius 1 is 1.45 bits per heavy atom. The van der Waals surface area contributed by atoms with Crippen LogP contribution in [-0.2, 0) is 16.1 Å². The second kappa shape index (κ2) is 5.51. The van der Waals surface area contributed by atoms with Crippen LogP contribution in [0.1, 0.15) is 21.9 Å². The van der Waals surface area contributed by atoms with Gasteiger partial charge in [-0.3, -0.25) is 9.89 Å². The molecule has 0 bridgehead atoms. The van der Waals surface area contributed by atoms with Gasteiger partial charge in [0.1, 0.15) is 6.54 Å². The highest BCUT2D eigenvalue weighted by atomic mass is 16.5. The summed E-state index contributed by atoms with van der Waals surface area (Å²) in [4.78, 5) is 23.1. The molecule has 1 amide bonds. The van der Waals surface area contributed by atoms with E-state index >= 15 is 0 Å². The molecular formula is C11H14N6O3. The summed E-state index contributed by atoms with van der Waals surface area (Å²) in [6, 6.07) is 0. The Bertz CT molecular complexity index is 625. The lowest BCUT2D eigenvalue weighted by molar-refractivity contribution is -0.116. The third-order valence-corrected chi connectivity index (χ3v) is 2.63. The maximum atomic E-state index is 11.9. The standard InChI is InChI=1S/C11H14N6O3/c1-6-10(7(2)14-13-6)12-9(18)5-17-4-8(15-16-17)11(19)20-3/h4H,5H2,1-3H3,(H,12,18)(H,13,14). The van der Waals surface area contributed by atoms with Crippen molar-refractivity contribution in [2.75, 3.05) is 12.4 Å². The first kappa shape index (κ1) is 13.7. The number of aromatic nitrogens is 5. The fourth-order valence-electron chi connectivity index (χ4n) is 1.63. The second-order valence-corrected chi connectivity index (χ2v) is 4.15. The first-order chi connectivity index (χ1) is 9.51. The number of anilines is 1. The Morgan fingerprint density at radius 2 is 2.20 bits per heavy atom. The molecule has 9 heteroatoms. The number of rotatable bonds is 4. The number of nitrogens with one attached hydrogen (secondary N) is 2. The molecule has 2 aromatic heterocycles. The van der Waals surface area contributed by atoms with Gasteiger partial charge in [-0.15, -0.1) is 5.10 Å². The number of nitrogens with zero attached hydrogens (tertiary/aromatic N) is 4. The van der Waals surface area contributed by atoms with Crippen LogP contribution in [0, 0.1) is 13.8 Å². The first-order valence-electron chi connectivity index (χ1n) is 5.81. The highest BCUT2D eigenvalue weighted by molar-refractivity contribution is 5.92. The third-order valence-electron chi connectivity index (χ3n) is 2.63. The van der Waals surface area contributed by atoms with Crippen LogP contribution in [0.2, 0.25) is 0 Å². The van der Waals surface area contributed by atoms with Gasteiger partial charge in [0, 0.05) is 0 Å². The minimum absolute atomic E-state index is 0.0518. The smallest absolute Gasteiger partial charge is 0.360 e. The van der Waals surface area contributed by atoms with Gasteiger partial charge >= 0.3 is 5.97 Å². The average Bonchev–Trinajstić information content (AvgIpc) is 3.00. The Kier molecular flexibility index (Phi) is 3.78. The van der Waals surface area contributed by atoms with E-state index in [1.807, 2.05) is 0 Å². The molecule has 2 heterocycles. The highest BCUT2D eigenvalue weighted by Gasteiger charge is 2.14. The quantitative estimate of drug-likeness (QED) is 0.763. The minimum atomic E-state index is -0.599. The normalized spacial score (nSPS) is 10.3. The maximum absolute atomic E-state index is 11.9. The predicted molar refractivity (Wildman–Crippen MR) is 68.1 cm³/mol. The number of ether oxygens (including phenoxy) is 1. The highest BCUT2D eigenvalue weighted by Crippen LogP contribution is 2.15. The van der Waals surface area contributed by atoms with E-state index in [1.54, 1.807) is 13.8 Å². The number of esters is 1. The van der Waals surface area contributed by atoms with Crippen molar-refractivity contribution in [3.05, 3.63) is 23.3 Å². The van der Waals surface area contributed by atoms with Crippen LogP contribution in [-0.4, -0.2) is 44.2 Å². The van der Waals surface area contributed by atoms with Crippen molar-refractivity contribution in [1.29, 1.82) is 0 Å². The number of hydrogen-bond acceptors (Lipinski definition) is 6. The molecule has 9 nitrogen and oxygen atoms in total. The summed E-state index contributed by atoms with van der Waals surface area (Å²) in [6.07, 6.45) is 1.35. The number of aromatic amines is 1. The SMILES string of the molecule is COC(=O)c1cn(CC(=O)Nc2c(C)n[nH]c2C)nn1. The first-order valence-corrected chi connectivity index (χ1v) is 5.81. The fraction of sp³-hybridized carbons (Fsp3) is 0.364. The van der Waals surface area contributed by atoms with Gasteiger partial charge in [0.2, 0.25) is 5.91 Å². The zero-order chi connectivity index (χ0) is 14.7. The van der Waals surface area contributed by atoms with Crippen molar-refractivity contribution in [1.82, 2.24) is 25.2 Å². The Balaban J connectivity index is 2.02. The summed E-state index contributed by atoms with van der Waals surface area (Å²) >= 11 is 0. The molecule has 2 rings (SSSR count). The molecule has 2 aromatic rings. The molecule has 0 aliphatic rings. The molecule has 0 aliphatic carbocycles. The molecule has 0 saturated heterocycles. The van der Waals surface area contributed by atoms with Crippen LogP contribution in [0.4, 0.5) is 5.69 Å². The van der Waals surface area contributed by atoms with Crippen LogP contribution >= 0.6 is 0 Å². The number of aryl methyl sites for hydroxylation is 2. The summed E-state index contributed by atoms with van der Waals surface area (Å²) < 4.78 is 5.76. The molecule has 106 valence electrons. The van der Waals surface area contributed by atoms with Crippen LogP contribution < -0.4 is 5.32 Å². The van der Waals surface area contributed by atoms with Crippen LogP contribution in [0.3, 0.4) is 0 Å². The molecule has 0 radical (unpaired) electrons. The van der Waals surface area contributed by atoms with E-state index in [0.717, 1.165) is 5.69 Å². The number of methoxy groups -OCH3 is 1. The lowest BCUT2D eigenvalue weighted by Crippen LogP contribution is -2.19. The third kappa shape index (κ3) is 2.82. The van der Waals surface area contributed by atoms with Crippen molar-refractivity contribution in [3.63, 3.8) is 0 Å². The van der Waals surface area contributed by atoms with Crippen molar-refractivity contribution in [3.8, 4) is 0 Å². The summed E-state index contributed by atoms with van der Waals surface area (Å²) in [6.45, 7) is 3.53. The Hall–Kier alpha value is -2.71. The number of carbonyl (C=O) groups excluding carboxylic acids is 2. The summed E-state index contributed by atoms with van der Waals surface area (Å²) in [5.74, 6) is -0.892. The van der Waals surface area contributed by atoms with Gasteiger partial charge in [0.25, 0.3) is 0 Å². The summed E-state index contributed by atoms with van der Waals surface area (Å²) in [5, 5.41) is 16.8. The van der Waals surface area contributed by atoms with E-state index in [-0.39, 0.29) is 18.1 Å². The molecule has 0 atom stereocenters. The van der Waals surface area contributed by atoms with Gasteiger partial charge in [-0.1, -0.05) is 5.21 Å². The second-order valence-electron chi connectivity index (χ2n) is 4.15. The van der Waals surface area contributed by atoms with Gasteiger partial charge in [-0.05, 0) is 13.8 Å². The summed E-state index contributed by atoms with van der Waals surface area (Å²) in [5.41, 5.74) is 2.16. The molecule has 0 fully saturated rings. The molecule has 2 N–H and O–H groups in total. The minimum Gasteiger partial charge on any atom is -0.464 e. The average molecular weight is 278 g/mol. The number of H-pyrrole nitrogens is 1. The van der Waals surface area contributed by atoms with Gasteiger partial charge in [-0.25, -0.2) is 9.48 Å². The molecule has 0 saturated carbocycles. The number of amides is 1. The molecule has 0 unspecified atom stereocenters. The van der Waals surface area contributed by atoms with Crippen molar-refractivity contribution in [2.24, 2.45) is 0 Å². The van der Waals surface area contributed by atoms with Crippen LogP contribution in [0.15, 0.2) is 6.20 Å².